The number of aliphatic hydroxyl groups excluding tert-OH is 1. The summed E-state index contributed by atoms with van der Waals surface area (Å²) in [6, 6.07) is 5.15. The zero-order chi connectivity index (χ0) is 12.1. The van der Waals surface area contributed by atoms with E-state index in [0.29, 0.717) is 15.6 Å². The van der Waals surface area contributed by atoms with Crippen molar-refractivity contribution in [3.8, 4) is 0 Å². The van der Waals surface area contributed by atoms with Gasteiger partial charge in [0.25, 0.3) is 0 Å². The van der Waals surface area contributed by atoms with Gasteiger partial charge in [-0.05, 0) is 19.1 Å². The van der Waals surface area contributed by atoms with Crippen molar-refractivity contribution in [2.75, 3.05) is 13.9 Å². The lowest BCUT2D eigenvalue weighted by Crippen LogP contribution is -2.20. The zero-order valence-electron chi connectivity index (χ0n) is 9.11. The number of ether oxygens (including phenoxy) is 2. The second-order valence-electron chi connectivity index (χ2n) is 3.37. The highest BCUT2D eigenvalue weighted by Gasteiger charge is 2.23. The summed E-state index contributed by atoms with van der Waals surface area (Å²) in [5.41, 5.74) is 0.581. The minimum Gasteiger partial charge on any atom is -0.390 e. The summed E-state index contributed by atoms with van der Waals surface area (Å²) in [5.74, 6) is 0. The summed E-state index contributed by atoms with van der Waals surface area (Å²) < 4.78 is 10.2. The molecule has 0 aromatic heterocycles. The summed E-state index contributed by atoms with van der Waals surface area (Å²) in [6.45, 7) is 1.68. The Morgan fingerprint density at radius 1 is 1.31 bits per heavy atom. The van der Waals surface area contributed by atoms with Crippen LogP contribution in [0.2, 0.25) is 10.0 Å². The van der Waals surface area contributed by atoms with E-state index >= 15 is 0 Å². The number of rotatable bonds is 5. The standard InChI is InChI=1S/C11H14Cl2O3/c1-7(14)11(16-6-15-2)10-8(12)4-3-5-9(10)13/h3-5,7,11,14H,6H2,1-2H3/t7-,11+/m1/s1. The van der Waals surface area contributed by atoms with Crippen LogP contribution in [0.4, 0.5) is 0 Å². The molecule has 0 heterocycles. The van der Waals surface area contributed by atoms with Crippen LogP contribution < -0.4 is 0 Å². The van der Waals surface area contributed by atoms with E-state index < -0.39 is 12.2 Å². The van der Waals surface area contributed by atoms with Crippen LogP contribution in [0, 0.1) is 0 Å². The first-order valence-corrected chi connectivity index (χ1v) is 5.56. The van der Waals surface area contributed by atoms with E-state index in [-0.39, 0.29) is 6.79 Å². The molecule has 0 saturated carbocycles. The third-order valence-corrected chi connectivity index (χ3v) is 2.75. The molecule has 0 aliphatic carbocycles. The SMILES string of the molecule is COCO[C@H](c1c(Cl)cccc1Cl)[C@@H](C)O. The molecule has 0 radical (unpaired) electrons. The minimum absolute atomic E-state index is 0.0666. The normalized spacial score (nSPS) is 14.8. The van der Waals surface area contributed by atoms with Gasteiger partial charge >= 0.3 is 0 Å². The highest BCUT2D eigenvalue weighted by atomic mass is 35.5. The number of hydrogen-bond acceptors (Lipinski definition) is 3. The smallest absolute Gasteiger partial charge is 0.147 e. The summed E-state index contributed by atoms with van der Waals surface area (Å²) >= 11 is 12.1. The van der Waals surface area contributed by atoms with Crippen molar-refractivity contribution in [2.45, 2.75) is 19.1 Å². The molecule has 16 heavy (non-hydrogen) atoms. The van der Waals surface area contributed by atoms with Crippen molar-refractivity contribution in [3.05, 3.63) is 33.8 Å². The average Bonchev–Trinajstić information content (AvgIpc) is 2.21. The van der Waals surface area contributed by atoms with Gasteiger partial charge in [0, 0.05) is 22.7 Å². The molecule has 0 saturated heterocycles. The second-order valence-corrected chi connectivity index (χ2v) is 4.18. The van der Waals surface area contributed by atoms with Crippen LogP contribution in [-0.4, -0.2) is 25.1 Å². The van der Waals surface area contributed by atoms with Crippen molar-refractivity contribution < 1.29 is 14.6 Å². The van der Waals surface area contributed by atoms with Gasteiger partial charge in [-0.15, -0.1) is 0 Å². The minimum atomic E-state index is -0.729. The van der Waals surface area contributed by atoms with E-state index in [1.165, 1.54) is 7.11 Å². The van der Waals surface area contributed by atoms with Crippen LogP contribution in [0.1, 0.15) is 18.6 Å². The molecule has 5 heteroatoms. The second kappa shape index (κ2) is 6.42. The zero-order valence-corrected chi connectivity index (χ0v) is 10.6. The fourth-order valence-corrected chi connectivity index (χ4v) is 2.00. The summed E-state index contributed by atoms with van der Waals surface area (Å²) in [6.07, 6.45) is -1.33. The first-order valence-electron chi connectivity index (χ1n) is 4.80. The van der Waals surface area contributed by atoms with E-state index in [9.17, 15) is 5.11 Å². The number of methoxy groups -OCH3 is 1. The molecular formula is C11H14Cl2O3. The first kappa shape index (κ1) is 13.7. The number of benzene rings is 1. The maximum atomic E-state index is 9.64. The molecule has 0 amide bonds. The van der Waals surface area contributed by atoms with Crippen molar-refractivity contribution in [2.24, 2.45) is 0 Å². The molecule has 0 bridgehead atoms. The molecule has 0 spiro atoms. The lowest BCUT2D eigenvalue weighted by atomic mass is 10.1. The fourth-order valence-electron chi connectivity index (χ4n) is 1.39. The fraction of sp³-hybridized carbons (Fsp3) is 0.455. The molecule has 1 N–H and O–H groups in total. The third kappa shape index (κ3) is 3.34. The van der Waals surface area contributed by atoms with Gasteiger partial charge in [0.1, 0.15) is 12.9 Å². The lowest BCUT2D eigenvalue weighted by molar-refractivity contribution is -0.110. The molecule has 0 fully saturated rings. The molecule has 90 valence electrons. The lowest BCUT2D eigenvalue weighted by Gasteiger charge is -2.22. The average molecular weight is 265 g/mol. The van der Waals surface area contributed by atoms with E-state index in [1.54, 1.807) is 25.1 Å². The monoisotopic (exact) mass is 264 g/mol. The molecule has 1 aromatic rings. The Kier molecular flexibility index (Phi) is 5.52. The van der Waals surface area contributed by atoms with Gasteiger partial charge in [-0.25, -0.2) is 0 Å². The maximum absolute atomic E-state index is 9.64. The molecular weight excluding hydrogens is 251 g/mol. The van der Waals surface area contributed by atoms with Gasteiger partial charge < -0.3 is 14.6 Å². The van der Waals surface area contributed by atoms with Crippen LogP contribution in [0.5, 0.6) is 0 Å². The topological polar surface area (TPSA) is 38.7 Å². The Balaban J connectivity index is 3.00. The van der Waals surface area contributed by atoms with Crippen molar-refractivity contribution in [1.82, 2.24) is 0 Å². The highest BCUT2D eigenvalue weighted by Crippen LogP contribution is 2.34. The van der Waals surface area contributed by atoms with E-state index in [4.69, 9.17) is 32.7 Å². The molecule has 3 nitrogen and oxygen atoms in total. The van der Waals surface area contributed by atoms with Gasteiger partial charge in [-0.3, -0.25) is 0 Å². The predicted octanol–water partition coefficient (Wildman–Crippen LogP) is 3.04. The summed E-state index contributed by atoms with van der Waals surface area (Å²) in [5, 5.41) is 10.6. The molecule has 0 aliphatic heterocycles. The maximum Gasteiger partial charge on any atom is 0.147 e. The Morgan fingerprint density at radius 2 is 1.88 bits per heavy atom. The van der Waals surface area contributed by atoms with Crippen LogP contribution in [0.25, 0.3) is 0 Å². The number of aliphatic hydroxyl groups is 1. The van der Waals surface area contributed by atoms with Gasteiger partial charge in [-0.2, -0.15) is 0 Å². The largest absolute Gasteiger partial charge is 0.390 e. The van der Waals surface area contributed by atoms with Gasteiger partial charge in [-0.1, -0.05) is 29.3 Å². The van der Waals surface area contributed by atoms with Gasteiger partial charge in [0.15, 0.2) is 0 Å². The Bertz CT molecular complexity index is 322. The predicted molar refractivity (Wildman–Crippen MR) is 63.8 cm³/mol. The van der Waals surface area contributed by atoms with Crippen LogP contribution in [-0.2, 0) is 9.47 Å². The highest BCUT2D eigenvalue weighted by molar-refractivity contribution is 6.36. The quantitative estimate of drug-likeness (QED) is 0.831. The van der Waals surface area contributed by atoms with Gasteiger partial charge in [0.05, 0.1) is 6.10 Å². The van der Waals surface area contributed by atoms with Crippen molar-refractivity contribution in [3.63, 3.8) is 0 Å². The molecule has 0 aliphatic rings. The Labute approximate surface area is 105 Å². The Morgan fingerprint density at radius 3 is 2.31 bits per heavy atom. The van der Waals surface area contributed by atoms with Crippen LogP contribution >= 0.6 is 23.2 Å². The van der Waals surface area contributed by atoms with Gasteiger partial charge in [0.2, 0.25) is 0 Å². The summed E-state index contributed by atoms with van der Waals surface area (Å²) in [4.78, 5) is 0. The first-order chi connectivity index (χ1) is 7.57. The number of hydrogen-bond donors (Lipinski definition) is 1. The molecule has 1 rings (SSSR count). The molecule has 1 aromatic carbocycles. The Hall–Kier alpha value is -0.320. The van der Waals surface area contributed by atoms with Crippen LogP contribution in [0.3, 0.4) is 0 Å². The third-order valence-electron chi connectivity index (χ3n) is 2.09. The van der Waals surface area contributed by atoms with E-state index in [1.807, 2.05) is 0 Å². The molecule has 0 unspecified atom stereocenters. The van der Waals surface area contributed by atoms with Crippen LogP contribution in [0.15, 0.2) is 18.2 Å². The van der Waals surface area contributed by atoms with Crippen molar-refractivity contribution in [1.29, 1.82) is 0 Å². The number of halogens is 2. The molecule has 2 atom stereocenters. The summed E-state index contributed by atoms with van der Waals surface area (Å²) in [7, 11) is 1.51. The van der Waals surface area contributed by atoms with E-state index in [0.717, 1.165) is 0 Å². The van der Waals surface area contributed by atoms with E-state index in [2.05, 4.69) is 0 Å². The van der Waals surface area contributed by atoms with Crippen molar-refractivity contribution >= 4 is 23.2 Å².